The van der Waals surface area contributed by atoms with Gasteiger partial charge in [-0.1, -0.05) is 44.5 Å². The molecule has 0 bridgehead atoms. The van der Waals surface area contributed by atoms with Crippen LogP contribution in [0.25, 0.3) is 16.7 Å². The molecule has 1 aliphatic rings. The number of carbonyl (C=O) groups is 1. The molecule has 2 aromatic rings. The third-order valence-electron chi connectivity index (χ3n) is 4.85. The molecule has 2 aromatic carbocycles. The van der Waals surface area contributed by atoms with Gasteiger partial charge >= 0.3 is 0 Å². The Morgan fingerprint density at radius 1 is 1.12 bits per heavy atom. The quantitative estimate of drug-likeness (QED) is 0.679. The maximum Gasteiger partial charge on any atom is 0.167 e. The molecule has 26 heavy (non-hydrogen) atoms. The molecule has 3 rings (SSSR count). The van der Waals surface area contributed by atoms with Crippen molar-refractivity contribution >= 4 is 23.0 Å². The Morgan fingerprint density at radius 3 is 2.46 bits per heavy atom. The molecular formula is C22H22ClFO2. The zero-order chi connectivity index (χ0) is 19.1. The molecule has 4 heteroatoms. The lowest BCUT2D eigenvalue weighted by Crippen LogP contribution is -2.25. The normalized spacial score (nSPS) is 16.9. The highest BCUT2D eigenvalue weighted by atomic mass is 35.5. The predicted molar refractivity (Wildman–Crippen MR) is 104 cm³/mol. The van der Waals surface area contributed by atoms with Crippen molar-refractivity contribution < 1.29 is 14.3 Å². The molecule has 0 saturated carbocycles. The van der Waals surface area contributed by atoms with E-state index in [1.54, 1.807) is 18.2 Å². The predicted octanol–water partition coefficient (Wildman–Crippen LogP) is 6.37. The molecule has 0 aliphatic heterocycles. The van der Waals surface area contributed by atoms with Crippen LogP contribution in [0.2, 0.25) is 5.02 Å². The van der Waals surface area contributed by atoms with E-state index in [0.717, 1.165) is 5.56 Å². The lowest BCUT2D eigenvalue weighted by molar-refractivity contribution is -0.116. The van der Waals surface area contributed by atoms with Gasteiger partial charge in [0, 0.05) is 23.4 Å². The molecule has 0 unspecified atom stereocenters. The molecular weight excluding hydrogens is 351 g/mol. The third-order valence-corrected chi connectivity index (χ3v) is 5.09. The highest BCUT2D eigenvalue weighted by Gasteiger charge is 2.34. The summed E-state index contributed by atoms with van der Waals surface area (Å²) in [7, 11) is 0. The van der Waals surface area contributed by atoms with Crippen molar-refractivity contribution in [2.24, 2.45) is 5.41 Å². The maximum absolute atomic E-state index is 14.3. The average molecular weight is 373 g/mol. The third kappa shape index (κ3) is 3.54. The van der Waals surface area contributed by atoms with E-state index in [-0.39, 0.29) is 17.0 Å². The Labute approximate surface area is 158 Å². The molecule has 1 aliphatic carbocycles. The van der Waals surface area contributed by atoms with Gasteiger partial charge in [-0.2, -0.15) is 0 Å². The standard InChI is InChI=1S/C22H22ClFO2/c1-4-13-5-6-14(16-8-7-15(23)10-18(16)24)9-17(13)21-19(25)11-22(2,3)12-20(21)26/h5-10,25H,4,11-12H2,1-3H3. The highest BCUT2D eigenvalue weighted by Crippen LogP contribution is 2.41. The lowest BCUT2D eigenvalue weighted by atomic mass is 9.74. The molecule has 0 aromatic heterocycles. The molecule has 0 amide bonds. The van der Waals surface area contributed by atoms with Crippen LogP contribution in [0, 0.1) is 11.2 Å². The zero-order valence-electron chi connectivity index (χ0n) is 15.2. The minimum Gasteiger partial charge on any atom is -0.512 e. The van der Waals surface area contributed by atoms with Gasteiger partial charge in [-0.3, -0.25) is 4.79 Å². The van der Waals surface area contributed by atoms with Gasteiger partial charge in [0.2, 0.25) is 0 Å². The van der Waals surface area contributed by atoms with Crippen LogP contribution in [0.1, 0.15) is 44.7 Å². The first-order valence-corrected chi connectivity index (χ1v) is 9.13. The van der Waals surface area contributed by atoms with Crippen LogP contribution in [-0.4, -0.2) is 10.9 Å². The molecule has 0 fully saturated rings. The van der Waals surface area contributed by atoms with Gasteiger partial charge in [-0.15, -0.1) is 0 Å². The summed E-state index contributed by atoms with van der Waals surface area (Å²) in [4.78, 5) is 12.7. The number of hydrogen-bond acceptors (Lipinski definition) is 2. The second-order valence-corrected chi connectivity index (χ2v) is 8.05. The zero-order valence-corrected chi connectivity index (χ0v) is 16.0. The number of aryl methyl sites for hydroxylation is 1. The minimum absolute atomic E-state index is 0.0674. The van der Waals surface area contributed by atoms with Gasteiger partial charge in [-0.05, 0) is 52.8 Å². The van der Waals surface area contributed by atoms with E-state index in [9.17, 15) is 14.3 Å². The van der Waals surface area contributed by atoms with E-state index in [1.807, 2.05) is 32.9 Å². The van der Waals surface area contributed by atoms with E-state index in [2.05, 4.69) is 0 Å². The van der Waals surface area contributed by atoms with Crippen molar-refractivity contribution in [2.75, 3.05) is 0 Å². The molecule has 0 saturated heterocycles. The second kappa shape index (κ2) is 6.88. The second-order valence-electron chi connectivity index (χ2n) is 7.61. The number of allylic oxidation sites excluding steroid dienone is 2. The molecule has 0 radical (unpaired) electrons. The first kappa shape index (κ1) is 18.7. The van der Waals surface area contributed by atoms with Crippen molar-refractivity contribution in [3.05, 3.63) is 64.1 Å². The van der Waals surface area contributed by atoms with Crippen LogP contribution in [0.15, 0.2) is 42.2 Å². The van der Waals surface area contributed by atoms with E-state index >= 15 is 0 Å². The molecule has 1 N–H and O–H groups in total. The molecule has 2 nitrogen and oxygen atoms in total. The number of aliphatic hydroxyl groups is 1. The van der Waals surface area contributed by atoms with Crippen LogP contribution < -0.4 is 0 Å². The van der Waals surface area contributed by atoms with E-state index in [4.69, 9.17) is 11.6 Å². The Kier molecular flexibility index (Phi) is 4.94. The Balaban J connectivity index is 2.17. The lowest BCUT2D eigenvalue weighted by Gasteiger charge is -2.30. The smallest absolute Gasteiger partial charge is 0.167 e. The van der Waals surface area contributed by atoms with Crippen molar-refractivity contribution in [1.29, 1.82) is 0 Å². The number of halogens is 2. The minimum atomic E-state index is -0.415. The maximum atomic E-state index is 14.3. The van der Waals surface area contributed by atoms with Crippen molar-refractivity contribution in [2.45, 2.75) is 40.0 Å². The fourth-order valence-corrected chi connectivity index (χ4v) is 3.76. The first-order chi connectivity index (χ1) is 12.2. The fraction of sp³-hybridized carbons (Fsp3) is 0.318. The van der Waals surface area contributed by atoms with E-state index < -0.39 is 5.82 Å². The summed E-state index contributed by atoms with van der Waals surface area (Å²) in [5.41, 5.74) is 2.84. The van der Waals surface area contributed by atoms with Crippen molar-refractivity contribution in [3.63, 3.8) is 0 Å². The van der Waals surface area contributed by atoms with Crippen molar-refractivity contribution in [3.8, 4) is 11.1 Å². The van der Waals surface area contributed by atoms with Crippen LogP contribution in [-0.2, 0) is 11.2 Å². The van der Waals surface area contributed by atoms with Crippen LogP contribution in [0.3, 0.4) is 0 Å². The topological polar surface area (TPSA) is 37.3 Å². The van der Waals surface area contributed by atoms with Gasteiger partial charge in [0.05, 0.1) is 5.57 Å². The van der Waals surface area contributed by atoms with Crippen LogP contribution in [0.5, 0.6) is 0 Å². The summed E-state index contributed by atoms with van der Waals surface area (Å²) in [5.74, 6) is -0.362. The Morgan fingerprint density at radius 2 is 1.85 bits per heavy atom. The fourth-order valence-electron chi connectivity index (χ4n) is 3.60. The number of aliphatic hydroxyl groups excluding tert-OH is 1. The summed E-state index contributed by atoms with van der Waals surface area (Å²) < 4.78 is 14.3. The number of carbonyl (C=O) groups excluding carboxylic acids is 1. The van der Waals surface area contributed by atoms with Crippen molar-refractivity contribution in [1.82, 2.24) is 0 Å². The van der Waals surface area contributed by atoms with E-state index in [1.165, 1.54) is 6.07 Å². The molecule has 0 spiro atoms. The average Bonchev–Trinajstić information content (AvgIpc) is 2.53. The van der Waals surface area contributed by atoms with Gasteiger partial charge in [0.1, 0.15) is 11.6 Å². The summed E-state index contributed by atoms with van der Waals surface area (Å²) in [6.45, 7) is 5.94. The number of Topliss-reactive ketones (excluding diaryl/α,β-unsaturated/α-hetero) is 1. The molecule has 136 valence electrons. The van der Waals surface area contributed by atoms with Gasteiger partial charge in [0.25, 0.3) is 0 Å². The van der Waals surface area contributed by atoms with Crippen LogP contribution >= 0.6 is 11.6 Å². The van der Waals surface area contributed by atoms with Gasteiger partial charge in [0.15, 0.2) is 5.78 Å². The summed E-state index contributed by atoms with van der Waals surface area (Å²) in [5, 5.41) is 10.9. The number of benzene rings is 2. The summed E-state index contributed by atoms with van der Waals surface area (Å²) in [6, 6.07) is 10.1. The summed E-state index contributed by atoms with van der Waals surface area (Å²) in [6.07, 6.45) is 1.55. The van der Waals surface area contributed by atoms with Gasteiger partial charge < -0.3 is 5.11 Å². The Bertz CT molecular complexity index is 912. The largest absolute Gasteiger partial charge is 0.512 e. The van der Waals surface area contributed by atoms with E-state index in [0.29, 0.717) is 46.5 Å². The number of hydrogen-bond donors (Lipinski definition) is 1. The number of rotatable bonds is 3. The monoisotopic (exact) mass is 372 g/mol. The molecule has 0 atom stereocenters. The molecule has 0 heterocycles. The Hall–Kier alpha value is -2.13. The SMILES string of the molecule is CCc1ccc(-c2ccc(Cl)cc2F)cc1C1=C(O)CC(C)(C)CC1=O. The summed E-state index contributed by atoms with van der Waals surface area (Å²) >= 11 is 5.84. The first-order valence-electron chi connectivity index (χ1n) is 8.76. The number of ketones is 1. The van der Waals surface area contributed by atoms with Gasteiger partial charge in [-0.25, -0.2) is 4.39 Å². The van der Waals surface area contributed by atoms with Crippen LogP contribution in [0.4, 0.5) is 4.39 Å². The highest BCUT2D eigenvalue weighted by molar-refractivity contribution is 6.30.